The van der Waals surface area contributed by atoms with Crippen molar-refractivity contribution in [2.75, 3.05) is 18.0 Å². The fourth-order valence-corrected chi connectivity index (χ4v) is 5.74. The highest BCUT2D eigenvalue weighted by Crippen LogP contribution is 2.34. The molecule has 0 saturated carbocycles. The van der Waals surface area contributed by atoms with E-state index in [4.69, 9.17) is 4.74 Å². The van der Waals surface area contributed by atoms with E-state index in [0.717, 1.165) is 27.2 Å². The molecule has 2 aliphatic rings. The summed E-state index contributed by atoms with van der Waals surface area (Å²) in [6.45, 7) is 2.31. The fraction of sp³-hybridized carbons (Fsp3) is 0.350. The second-order valence-electron chi connectivity index (χ2n) is 7.39. The van der Waals surface area contributed by atoms with Crippen LogP contribution in [0.2, 0.25) is 0 Å². The summed E-state index contributed by atoms with van der Waals surface area (Å²) in [5.41, 5.74) is 2.72. The van der Waals surface area contributed by atoms with E-state index in [0.29, 0.717) is 18.9 Å². The third-order valence-corrected chi connectivity index (χ3v) is 7.94. The highest BCUT2D eigenvalue weighted by atomic mass is 79.9. The topological polar surface area (TPSA) is 66.9 Å². The standard InChI is InChI=1S/C20H19BrF2N2O4S/c1-12-2-3-18-13(8-12)11-29-20(26)25(18)14-4-6-24(7-5-14)30(27,28)19-10-16(22)15(21)9-17(19)23/h2-3,8-10,14H,4-7,11H2,1H3. The molecule has 2 heterocycles. The minimum absolute atomic E-state index is 0.0785. The van der Waals surface area contributed by atoms with Crippen LogP contribution in [0.4, 0.5) is 19.3 Å². The van der Waals surface area contributed by atoms with Crippen molar-refractivity contribution in [2.24, 2.45) is 0 Å². The van der Waals surface area contributed by atoms with Gasteiger partial charge in [0.15, 0.2) is 0 Å². The van der Waals surface area contributed by atoms with E-state index in [1.165, 1.54) is 0 Å². The lowest BCUT2D eigenvalue weighted by molar-refractivity contribution is 0.135. The minimum Gasteiger partial charge on any atom is -0.444 e. The lowest BCUT2D eigenvalue weighted by Crippen LogP contribution is -2.50. The van der Waals surface area contributed by atoms with Crippen molar-refractivity contribution in [3.63, 3.8) is 0 Å². The van der Waals surface area contributed by atoms with Gasteiger partial charge in [-0.25, -0.2) is 22.0 Å². The van der Waals surface area contributed by atoms with Crippen molar-refractivity contribution in [2.45, 2.75) is 37.3 Å². The first-order chi connectivity index (χ1) is 14.2. The summed E-state index contributed by atoms with van der Waals surface area (Å²) in [7, 11) is -4.20. The van der Waals surface area contributed by atoms with Gasteiger partial charge < -0.3 is 4.74 Å². The fourth-order valence-electron chi connectivity index (χ4n) is 3.90. The Hall–Kier alpha value is -2.04. The number of fused-ring (bicyclic) bond motifs is 1. The molecule has 160 valence electrons. The first-order valence-corrected chi connectivity index (χ1v) is 11.6. The van der Waals surface area contributed by atoms with Crippen LogP contribution in [0.1, 0.15) is 24.0 Å². The number of benzene rings is 2. The van der Waals surface area contributed by atoms with Crippen molar-refractivity contribution < 1.29 is 26.7 Å². The average molecular weight is 501 g/mol. The average Bonchev–Trinajstić information content (AvgIpc) is 2.71. The van der Waals surface area contributed by atoms with E-state index >= 15 is 0 Å². The molecule has 0 atom stereocenters. The maximum absolute atomic E-state index is 14.2. The predicted molar refractivity (Wildman–Crippen MR) is 110 cm³/mol. The lowest BCUT2D eigenvalue weighted by Gasteiger charge is -2.39. The number of sulfonamides is 1. The number of cyclic esters (lactones) is 1. The van der Waals surface area contributed by atoms with E-state index in [1.54, 1.807) is 4.90 Å². The Bertz CT molecular complexity index is 1120. The van der Waals surface area contributed by atoms with E-state index in [1.807, 2.05) is 25.1 Å². The molecule has 2 aromatic carbocycles. The Kier molecular flexibility index (Phi) is 5.58. The van der Waals surface area contributed by atoms with Gasteiger partial charge in [0.05, 0.1) is 10.2 Å². The van der Waals surface area contributed by atoms with Gasteiger partial charge in [0.25, 0.3) is 0 Å². The largest absolute Gasteiger partial charge is 0.444 e. The Labute approximate surface area is 181 Å². The molecule has 2 aromatic rings. The van der Waals surface area contributed by atoms with E-state index in [2.05, 4.69) is 15.9 Å². The van der Waals surface area contributed by atoms with Crippen molar-refractivity contribution in [1.82, 2.24) is 4.31 Å². The quantitative estimate of drug-likeness (QED) is 0.587. The summed E-state index contributed by atoms with van der Waals surface area (Å²) in [6, 6.07) is 6.97. The molecule has 1 amide bonds. The van der Waals surface area contributed by atoms with Crippen LogP contribution in [-0.2, 0) is 21.4 Å². The Morgan fingerprint density at radius 2 is 1.80 bits per heavy atom. The number of hydrogen-bond acceptors (Lipinski definition) is 4. The molecular formula is C20H19BrF2N2O4S. The van der Waals surface area contributed by atoms with Crippen molar-refractivity contribution in [3.8, 4) is 0 Å². The molecule has 0 bridgehead atoms. The number of halogens is 3. The first kappa shape index (κ1) is 21.2. The number of anilines is 1. The smallest absolute Gasteiger partial charge is 0.414 e. The molecule has 0 radical (unpaired) electrons. The summed E-state index contributed by atoms with van der Waals surface area (Å²) < 4.78 is 60.0. The second kappa shape index (κ2) is 7.90. The van der Waals surface area contributed by atoms with Crippen LogP contribution in [0.5, 0.6) is 0 Å². The molecule has 0 aromatic heterocycles. The number of rotatable bonds is 3. The molecule has 0 N–H and O–H groups in total. The molecule has 1 saturated heterocycles. The van der Waals surface area contributed by atoms with Gasteiger partial charge in [-0.15, -0.1) is 0 Å². The van der Waals surface area contributed by atoms with Crippen LogP contribution in [0.15, 0.2) is 39.7 Å². The molecule has 30 heavy (non-hydrogen) atoms. The number of amides is 1. The summed E-state index contributed by atoms with van der Waals surface area (Å²) in [5, 5.41) is 0. The van der Waals surface area contributed by atoms with Gasteiger partial charge >= 0.3 is 6.09 Å². The van der Waals surface area contributed by atoms with Crippen LogP contribution in [0.25, 0.3) is 0 Å². The second-order valence-corrected chi connectivity index (χ2v) is 10.1. The maximum Gasteiger partial charge on any atom is 0.414 e. The van der Waals surface area contributed by atoms with E-state index in [9.17, 15) is 22.0 Å². The number of aryl methyl sites for hydroxylation is 1. The van der Waals surface area contributed by atoms with Crippen LogP contribution < -0.4 is 4.90 Å². The zero-order valence-electron chi connectivity index (χ0n) is 16.1. The van der Waals surface area contributed by atoms with Gasteiger partial charge in [0.1, 0.15) is 23.1 Å². The zero-order valence-corrected chi connectivity index (χ0v) is 18.5. The normalized spacial score (nSPS) is 18.3. The van der Waals surface area contributed by atoms with Gasteiger partial charge in [0.2, 0.25) is 10.0 Å². The Morgan fingerprint density at radius 1 is 1.10 bits per heavy atom. The van der Waals surface area contributed by atoms with E-state index in [-0.39, 0.29) is 30.2 Å². The third kappa shape index (κ3) is 3.72. The van der Waals surface area contributed by atoms with E-state index < -0.39 is 32.6 Å². The Balaban J connectivity index is 1.55. The van der Waals surface area contributed by atoms with Crippen molar-refractivity contribution in [3.05, 3.63) is 57.6 Å². The predicted octanol–water partition coefficient (Wildman–Crippen LogP) is 4.35. The van der Waals surface area contributed by atoms with Gasteiger partial charge in [0, 0.05) is 24.7 Å². The SMILES string of the molecule is Cc1ccc2c(c1)COC(=O)N2C1CCN(S(=O)(=O)c2cc(F)c(Br)cc2F)CC1. The molecule has 2 aliphatic heterocycles. The molecular weight excluding hydrogens is 482 g/mol. The molecule has 6 nitrogen and oxygen atoms in total. The molecule has 0 spiro atoms. The molecule has 0 aliphatic carbocycles. The van der Waals surface area contributed by atoms with Crippen molar-refractivity contribution >= 4 is 37.7 Å². The third-order valence-electron chi connectivity index (χ3n) is 5.42. The summed E-state index contributed by atoms with van der Waals surface area (Å²) in [4.78, 5) is 13.3. The number of carbonyl (C=O) groups is 1. The number of carbonyl (C=O) groups excluding carboxylic acids is 1. The summed E-state index contributed by atoms with van der Waals surface area (Å²) in [6.07, 6.45) is 0.235. The van der Waals surface area contributed by atoms with Gasteiger partial charge in [-0.2, -0.15) is 4.31 Å². The van der Waals surface area contributed by atoms with Gasteiger partial charge in [-0.05, 0) is 53.9 Å². The monoisotopic (exact) mass is 500 g/mol. The molecule has 1 fully saturated rings. The first-order valence-electron chi connectivity index (χ1n) is 9.38. The zero-order chi connectivity index (χ0) is 21.6. The number of ether oxygens (including phenoxy) is 1. The highest BCUT2D eigenvalue weighted by Gasteiger charge is 2.38. The molecule has 0 unspecified atom stereocenters. The number of hydrogen-bond donors (Lipinski definition) is 0. The van der Waals surface area contributed by atoms with Crippen LogP contribution in [0.3, 0.4) is 0 Å². The van der Waals surface area contributed by atoms with Crippen LogP contribution in [0, 0.1) is 18.6 Å². The van der Waals surface area contributed by atoms with Crippen LogP contribution in [-0.4, -0.2) is 37.9 Å². The van der Waals surface area contributed by atoms with Crippen molar-refractivity contribution in [1.29, 1.82) is 0 Å². The molecule has 4 rings (SSSR count). The minimum atomic E-state index is -4.20. The summed E-state index contributed by atoms with van der Waals surface area (Å²) >= 11 is 2.85. The van der Waals surface area contributed by atoms with Crippen LogP contribution >= 0.6 is 15.9 Å². The Morgan fingerprint density at radius 3 is 2.50 bits per heavy atom. The summed E-state index contributed by atoms with van der Waals surface area (Å²) in [5.74, 6) is -1.87. The number of piperidine rings is 1. The highest BCUT2D eigenvalue weighted by molar-refractivity contribution is 9.10. The molecule has 10 heteroatoms. The van der Waals surface area contributed by atoms with Gasteiger partial charge in [-0.3, -0.25) is 4.90 Å². The maximum atomic E-state index is 14.2. The van der Waals surface area contributed by atoms with Gasteiger partial charge in [-0.1, -0.05) is 17.7 Å². The number of nitrogens with zero attached hydrogens (tertiary/aromatic N) is 2. The lowest BCUT2D eigenvalue weighted by atomic mass is 10.0.